The lowest BCUT2D eigenvalue weighted by atomic mass is 9.99. The summed E-state index contributed by atoms with van der Waals surface area (Å²) in [6, 6.07) is 12.6. The van der Waals surface area contributed by atoms with Gasteiger partial charge in [0.2, 0.25) is 0 Å². The van der Waals surface area contributed by atoms with Crippen molar-refractivity contribution in [1.82, 2.24) is 4.90 Å². The molecule has 5 nitrogen and oxygen atoms in total. The van der Waals surface area contributed by atoms with E-state index >= 15 is 0 Å². The first-order valence-electron chi connectivity index (χ1n) is 7.82. The molecule has 1 aliphatic rings. The monoisotopic (exact) mass is 325 g/mol. The molecule has 0 radical (unpaired) electrons. The van der Waals surface area contributed by atoms with Crippen molar-refractivity contribution in [2.24, 2.45) is 0 Å². The molecular formula is C19H19NO4. The van der Waals surface area contributed by atoms with Crippen LogP contribution in [0.15, 0.2) is 42.5 Å². The summed E-state index contributed by atoms with van der Waals surface area (Å²) in [5, 5.41) is 9.12. The van der Waals surface area contributed by atoms with Gasteiger partial charge in [0, 0.05) is 13.1 Å². The molecule has 0 amide bonds. The van der Waals surface area contributed by atoms with Crippen molar-refractivity contribution in [3.05, 3.63) is 64.7 Å². The molecule has 0 bridgehead atoms. The summed E-state index contributed by atoms with van der Waals surface area (Å²) in [5.74, 6) is -0.782. The number of nitrogens with zero attached hydrogens (tertiary/aromatic N) is 1. The van der Waals surface area contributed by atoms with Crippen LogP contribution in [-0.4, -0.2) is 42.0 Å². The maximum Gasteiger partial charge on any atom is 0.335 e. The van der Waals surface area contributed by atoms with E-state index in [0.29, 0.717) is 11.3 Å². The summed E-state index contributed by atoms with van der Waals surface area (Å²) in [4.78, 5) is 25.9. The fourth-order valence-corrected chi connectivity index (χ4v) is 3.04. The molecule has 1 aliphatic heterocycles. The lowest BCUT2D eigenvalue weighted by molar-refractivity contribution is 0.0697. The van der Waals surface area contributed by atoms with Crippen molar-refractivity contribution in [1.29, 1.82) is 0 Å². The van der Waals surface area contributed by atoms with Crippen molar-refractivity contribution < 1.29 is 19.4 Å². The summed E-state index contributed by atoms with van der Waals surface area (Å²) in [6.45, 7) is 1.78. The van der Waals surface area contributed by atoms with Gasteiger partial charge in [-0.2, -0.15) is 0 Å². The molecule has 5 heteroatoms. The Kier molecular flexibility index (Phi) is 4.62. The first kappa shape index (κ1) is 16.2. The molecule has 2 aromatic rings. The number of ketones is 1. The molecule has 0 aromatic heterocycles. The van der Waals surface area contributed by atoms with Gasteiger partial charge in [0.15, 0.2) is 5.78 Å². The minimum Gasteiger partial charge on any atom is -0.496 e. The van der Waals surface area contributed by atoms with Crippen molar-refractivity contribution in [3.63, 3.8) is 0 Å². The van der Waals surface area contributed by atoms with Gasteiger partial charge < -0.3 is 9.84 Å². The third-order valence-corrected chi connectivity index (χ3v) is 4.32. The number of Topliss-reactive ketones (excluding diaryl/α,β-unsaturated/α-hetero) is 1. The average Bonchev–Trinajstić information content (AvgIpc) is 2.60. The lowest BCUT2D eigenvalue weighted by Gasteiger charge is -2.28. The number of fused-ring (bicyclic) bond motifs is 1. The van der Waals surface area contributed by atoms with Gasteiger partial charge in [-0.25, -0.2) is 4.79 Å². The minimum absolute atomic E-state index is 0.0862. The van der Waals surface area contributed by atoms with Crippen LogP contribution in [0, 0.1) is 0 Å². The van der Waals surface area contributed by atoms with Gasteiger partial charge in [0.25, 0.3) is 0 Å². The van der Waals surface area contributed by atoms with Gasteiger partial charge >= 0.3 is 5.97 Å². The maximum absolute atomic E-state index is 12.7. The van der Waals surface area contributed by atoms with Crippen LogP contribution in [0.1, 0.15) is 31.8 Å². The van der Waals surface area contributed by atoms with E-state index < -0.39 is 5.97 Å². The van der Waals surface area contributed by atoms with Crippen LogP contribution in [0.25, 0.3) is 0 Å². The topological polar surface area (TPSA) is 66.8 Å². The Hall–Kier alpha value is -2.66. The molecule has 0 unspecified atom stereocenters. The highest BCUT2D eigenvalue weighted by Crippen LogP contribution is 2.23. The number of carboxylic acids is 1. The largest absolute Gasteiger partial charge is 0.496 e. The Morgan fingerprint density at radius 1 is 1.17 bits per heavy atom. The van der Waals surface area contributed by atoms with E-state index in [4.69, 9.17) is 9.84 Å². The van der Waals surface area contributed by atoms with E-state index in [1.807, 2.05) is 12.1 Å². The fraction of sp³-hybridized carbons (Fsp3) is 0.263. The number of carbonyl (C=O) groups is 2. The Morgan fingerprint density at radius 2 is 1.92 bits per heavy atom. The third-order valence-electron chi connectivity index (χ3n) is 4.32. The average molecular weight is 325 g/mol. The van der Waals surface area contributed by atoms with Crippen LogP contribution in [0.5, 0.6) is 5.75 Å². The van der Waals surface area contributed by atoms with Crippen molar-refractivity contribution in [2.45, 2.75) is 13.0 Å². The second-order valence-electron chi connectivity index (χ2n) is 5.87. The number of aromatic carboxylic acids is 1. The Bertz CT molecular complexity index is 785. The van der Waals surface area contributed by atoms with Crippen LogP contribution >= 0.6 is 0 Å². The lowest BCUT2D eigenvalue weighted by Crippen LogP contribution is -2.35. The van der Waals surface area contributed by atoms with Gasteiger partial charge in [-0.05, 0) is 35.7 Å². The van der Waals surface area contributed by atoms with E-state index in [1.54, 1.807) is 0 Å². The highest BCUT2D eigenvalue weighted by Gasteiger charge is 2.21. The molecule has 24 heavy (non-hydrogen) atoms. The summed E-state index contributed by atoms with van der Waals surface area (Å²) < 4.78 is 5.21. The van der Waals surface area contributed by atoms with Gasteiger partial charge in [-0.15, -0.1) is 0 Å². The summed E-state index contributed by atoms with van der Waals surface area (Å²) in [7, 11) is 1.48. The molecule has 124 valence electrons. The molecule has 0 fully saturated rings. The number of benzene rings is 2. The zero-order valence-corrected chi connectivity index (χ0v) is 13.5. The minimum atomic E-state index is -1.06. The molecular weight excluding hydrogens is 306 g/mol. The molecule has 0 spiro atoms. The first-order valence-corrected chi connectivity index (χ1v) is 7.82. The number of hydrogen-bond donors (Lipinski definition) is 1. The standard InChI is InChI=1S/C19H19NO4/c1-24-18-7-6-14(19(22)23)10-16(18)17(21)12-20-9-8-13-4-2-3-5-15(13)11-20/h2-7,10H,8-9,11-12H2,1H3,(H,22,23). The van der Waals surface area contributed by atoms with Gasteiger partial charge in [-0.3, -0.25) is 9.69 Å². The Labute approximate surface area is 140 Å². The zero-order chi connectivity index (χ0) is 17.1. The quantitative estimate of drug-likeness (QED) is 0.856. The predicted molar refractivity (Wildman–Crippen MR) is 89.7 cm³/mol. The number of methoxy groups -OCH3 is 1. The molecule has 1 N–H and O–H groups in total. The predicted octanol–water partition coefficient (Wildman–Crippen LogP) is 2.63. The van der Waals surface area contributed by atoms with E-state index in [0.717, 1.165) is 19.5 Å². The number of carboxylic acid groups (broad SMARTS) is 1. The smallest absolute Gasteiger partial charge is 0.335 e. The number of ether oxygens (including phenoxy) is 1. The van der Waals surface area contributed by atoms with Crippen LogP contribution in [0.3, 0.4) is 0 Å². The Morgan fingerprint density at radius 3 is 2.62 bits per heavy atom. The van der Waals surface area contributed by atoms with Gasteiger partial charge in [-0.1, -0.05) is 24.3 Å². The number of hydrogen-bond acceptors (Lipinski definition) is 4. The van der Waals surface area contributed by atoms with Gasteiger partial charge in [0.1, 0.15) is 5.75 Å². The molecule has 0 saturated heterocycles. The highest BCUT2D eigenvalue weighted by molar-refractivity contribution is 6.02. The van der Waals surface area contributed by atoms with E-state index in [9.17, 15) is 9.59 Å². The normalized spacial score (nSPS) is 14.0. The second kappa shape index (κ2) is 6.84. The SMILES string of the molecule is COc1ccc(C(=O)O)cc1C(=O)CN1CCc2ccccc2C1. The zero-order valence-electron chi connectivity index (χ0n) is 13.5. The first-order chi connectivity index (χ1) is 11.6. The highest BCUT2D eigenvalue weighted by atomic mass is 16.5. The summed E-state index contributed by atoms with van der Waals surface area (Å²) >= 11 is 0. The molecule has 1 heterocycles. The van der Waals surface area contributed by atoms with Gasteiger partial charge in [0.05, 0.1) is 24.8 Å². The molecule has 0 atom stereocenters. The summed E-state index contributed by atoms with van der Waals surface area (Å²) in [5.41, 5.74) is 2.97. The van der Waals surface area contributed by atoms with Crippen molar-refractivity contribution in [3.8, 4) is 5.75 Å². The molecule has 0 aliphatic carbocycles. The van der Waals surface area contributed by atoms with Crippen molar-refractivity contribution >= 4 is 11.8 Å². The summed E-state index contributed by atoms with van der Waals surface area (Å²) in [6.07, 6.45) is 0.912. The van der Waals surface area contributed by atoms with Crippen LogP contribution in [0.4, 0.5) is 0 Å². The number of rotatable bonds is 5. The second-order valence-corrected chi connectivity index (χ2v) is 5.87. The van der Waals surface area contributed by atoms with Crippen molar-refractivity contribution in [2.75, 3.05) is 20.2 Å². The fourth-order valence-electron chi connectivity index (χ4n) is 3.04. The van der Waals surface area contributed by atoms with E-state index in [2.05, 4.69) is 17.0 Å². The molecule has 0 saturated carbocycles. The third kappa shape index (κ3) is 3.31. The van der Waals surface area contributed by atoms with E-state index in [-0.39, 0.29) is 17.9 Å². The van der Waals surface area contributed by atoms with Crippen LogP contribution < -0.4 is 4.74 Å². The maximum atomic E-state index is 12.7. The number of carbonyl (C=O) groups excluding carboxylic acids is 1. The molecule has 3 rings (SSSR count). The van der Waals surface area contributed by atoms with Crippen LogP contribution in [-0.2, 0) is 13.0 Å². The molecule has 2 aromatic carbocycles. The van der Waals surface area contributed by atoms with E-state index in [1.165, 1.54) is 36.4 Å². The Balaban J connectivity index is 1.78. The van der Waals surface area contributed by atoms with Crippen LogP contribution in [0.2, 0.25) is 0 Å².